The molecule has 17 heavy (non-hydrogen) atoms. The third-order valence-electron chi connectivity index (χ3n) is 2.52. The number of methoxy groups -OCH3 is 1. The molecule has 0 saturated heterocycles. The van der Waals surface area contributed by atoms with E-state index >= 15 is 0 Å². The number of halogens is 1. The standard InChI is InChI=1S/C13H21ClN2O/c1-16(2)8-4-7-15-10-11-5-6-12(14)9-13(11)17-3/h5-6,9,15H,4,7-8,10H2,1-3H3. The maximum Gasteiger partial charge on any atom is 0.124 e. The summed E-state index contributed by atoms with van der Waals surface area (Å²) in [6.07, 6.45) is 1.14. The molecule has 0 bridgehead atoms. The third-order valence-corrected chi connectivity index (χ3v) is 2.76. The summed E-state index contributed by atoms with van der Waals surface area (Å²) in [4.78, 5) is 2.19. The van der Waals surface area contributed by atoms with E-state index in [1.54, 1.807) is 7.11 Å². The van der Waals surface area contributed by atoms with E-state index in [9.17, 15) is 0 Å². The van der Waals surface area contributed by atoms with Gasteiger partial charge in [0.05, 0.1) is 7.11 Å². The highest BCUT2D eigenvalue weighted by atomic mass is 35.5. The van der Waals surface area contributed by atoms with Crippen molar-refractivity contribution < 1.29 is 4.74 Å². The quantitative estimate of drug-likeness (QED) is 0.759. The molecule has 1 rings (SSSR count). The van der Waals surface area contributed by atoms with Crippen LogP contribution in [0.3, 0.4) is 0 Å². The van der Waals surface area contributed by atoms with Crippen LogP contribution in [0.4, 0.5) is 0 Å². The number of nitrogens with one attached hydrogen (secondary N) is 1. The van der Waals surface area contributed by atoms with E-state index in [0.29, 0.717) is 5.02 Å². The van der Waals surface area contributed by atoms with E-state index in [1.807, 2.05) is 18.2 Å². The molecule has 96 valence electrons. The van der Waals surface area contributed by atoms with E-state index < -0.39 is 0 Å². The fourth-order valence-corrected chi connectivity index (χ4v) is 1.77. The van der Waals surface area contributed by atoms with Crippen molar-refractivity contribution in [3.05, 3.63) is 28.8 Å². The summed E-state index contributed by atoms with van der Waals surface area (Å²) in [7, 11) is 5.84. The predicted octanol–water partition coefficient (Wildman–Crippen LogP) is 2.39. The van der Waals surface area contributed by atoms with Gasteiger partial charge in [-0.2, -0.15) is 0 Å². The third kappa shape index (κ3) is 5.39. The lowest BCUT2D eigenvalue weighted by Crippen LogP contribution is -2.21. The lowest BCUT2D eigenvalue weighted by Gasteiger charge is -2.11. The summed E-state index contributed by atoms with van der Waals surface area (Å²) in [5, 5.41) is 4.11. The normalized spacial score (nSPS) is 10.9. The van der Waals surface area contributed by atoms with Crippen molar-refractivity contribution in [2.75, 3.05) is 34.3 Å². The molecule has 0 atom stereocenters. The summed E-state index contributed by atoms with van der Waals surface area (Å²) in [5.74, 6) is 0.845. The molecule has 0 unspecified atom stereocenters. The Morgan fingerprint density at radius 3 is 2.76 bits per heavy atom. The van der Waals surface area contributed by atoms with Crippen molar-refractivity contribution in [1.29, 1.82) is 0 Å². The van der Waals surface area contributed by atoms with Gasteiger partial charge in [0.2, 0.25) is 0 Å². The zero-order valence-corrected chi connectivity index (χ0v) is 11.5. The van der Waals surface area contributed by atoms with E-state index in [-0.39, 0.29) is 0 Å². The number of hydrogen-bond donors (Lipinski definition) is 1. The maximum absolute atomic E-state index is 5.91. The van der Waals surface area contributed by atoms with Crippen LogP contribution in [-0.4, -0.2) is 39.2 Å². The van der Waals surface area contributed by atoms with Gasteiger partial charge in [0.15, 0.2) is 0 Å². The second-order valence-electron chi connectivity index (χ2n) is 4.29. The molecule has 0 amide bonds. The van der Waals surface area contributed by atoms with Gasteiger partial charge in [0.25, 0.3) is 0 Å². The molecule has 1 aromatic rings. The molecule has 0 spiro atoms. The van der Waals surface area contributed by atoms with E-state index in [0.717, 1.165) is 37.4 Å². The van der Waals surface area contributed by atoms with E-state index in [1.165, 1.54) is 0 Å². The summed E-state index contributed by atoms with van der Waals surface area (Å²) in [6.45, 7) is 2.92. The van der Waals surface area contributed by atoms with Crippen molar-refractivity contribution in [2.45, 2.75) is 13.0 Å². The van der Waals surface area contributed by atoms with Gasteiger partial charge in [-0.1, -0.05) is 17.7 Å². The summed E-state index contributed by atoms with van der Waals surface area (Å²) in [6, 6.07) is 5.74. The van der Waals surface area contributed by atoms with Crippen molar-refractivity contribution in [3.63, 3.8) is 0 Å². The first-order chi connectivity index (χ1) is 8.13. The first kappa shape index (κ1) is 14.3. The lowest BCUT2D eigenvalue weighted by atomic mass is 10.2. The summed E-state index contributed by atoms with van der Waals surface area (Å²) >= 11 is 5.91. The first-order valence-electron chi connectivity index (χ1n) is 5.81. The lowest BCUT2D eigenvalue weighted by molar-refractivity contribution is 0.391. The van der Waals surface area contributed by atoms with Gasteiger partial charge >= 0.3 is 0 Å². The van der Waals surface area contributed by atoms with Crippen LogP contribution in [0.5, 0.6) is 5.75 Å². The zero-order chi connectivity index (χ0) is 12.7. The highest BCUT2D eigenvalue weighted by Gasteiger charge is 2.03. The molecule has 0 fully saturated rings. The number of hydrogen-bond acceptors (Lipinski definition) is 3. The Morgan fingerprint density at radius 2 is 2.12 bits per heavy atom. The molecule has 0 saturated carbocycles. The molecule has 0 aliphatic carbocycles. The fourth-order valence-electron chi connectivity index (χ4n) is 1.61. The van der Waals surface area contributed by atoms with Gasteiger partial charge in [-0.3, -0.25) is 0 Å². The summed E-state index contributed by atoms with van der Waals surface area (Å²) in [5.41, 5.74) is 1.14. The Labute approximate surface area is 109 Å². The highest BCUT2D eigenvalue weighted by Crippen LogP contribution is 2.22. The van der Waals surface area contributed by atoms with Crippen LogP contribution in [0.2, 0.25) is 5.02 Å². The minimum absolute atomic E-state index is 0.707. The van der Waals surface area contributed by atoms with Gasteiger partial charge in [-0.25, -0.2) is 0 Å². The number of nitrogens with zero attached hydrogens (tertiary/aromatic N) is 1. The average Bonchev–Trinajstić information content (AvgIpc) is 2.29. The number of ether oxygens (including phenoxy) is 1. The minimum atomic E-state index is 0.707. The fraction of sp³-hybridized carbons (Fsp3) is 0.538. The Morgan fingerprint density at radius 1 is 1.35 bits per heavy atom. The molecule has 0 aromatic heterocycles. The largest absolute Gasteiger partial charge is 0.496 e. The Kier molecular flexibility index (Phi) is 6.34. The Hall–Kier alpha value is -0.770. The first-order valence-corrected chi connectivity index (χ1v) is 6.19. The molecule has 3 nitrogen and oxygen atoms in total. The van der Waals surface area contributed by atoms with Crippen LogP contribution in [0.25, 0.3) is 0 Å². The van der Waals surface area contributed by atoms with Crippen molar-refractivity contribution in [1.82, 2.24) is 10.2 Å². The van der Waals surface area contributed by atoms with Crippen LogP contribution in [0.1, 0.15) is 12.0 Å². The SMILES string of the molecule is COc1cc(Cl)ccc1CNCCCN(C)C. The monoisotopic (exact) mass is 256 g/mol. The molecule has 1 N–H and O–H groups in total. The van der Waals surface area contributed by atoms with Crippen LogP contribution in [0.15, 0.2) is 18.2 Å². The second-order valence-corrected chi connectivity index (χ2v) is 4.73. The van der Waals surface area contributed by atoms with Gasteiger partial charge in [0, 0.05) is 17.1 Å². The number of benzene rings is 1. The molecular weight excluding hydrogens is 236 g/mol. The van der Waals surface area contributed by atoms with Crippen LogP contribution in [0, 0.1) is 0 Å². The van der Waals surface area contributed by atoms with Crippen molar-refractivity contribution in [3.8, 4) is 5.75 Å². The van der Waals surface area contributed by atoms with Crippen LogP contribution >= 0.6 is 11.6 Å². The highest BCUT2D eigenvalue weighted by molar-refractivity contribution is 6.30. The second kappa shape index (κ2) is 7.54. The van der Waals surface area contributed by atoms with Crippen molar-refractivity contribution in [2.24, 2.45) is 0 Å². The van der Waals surface area contributed by atoms with Crippen LogP contribution in [-0.2, 0) is 6.54 Å². The van der Waals surface area contributed by atoms with E-state index in [4.69, 9.17) is 16.3 Å². The van der Waals surface area contributed by atoms with Crippen LogP contribution < -0.4 is 10.1 Å². The van der Waals surface area contributed by atoms with Crippen molar-refractivity contribution >= 4 is 11.6 Å². The maximum atomic E-state index is 5.91. The molecule has 4 heteroatoms. The van der Waals surface area contributed by atoms with Gasteiger partial charge < -0.3 is 15.0 Å². The molecule has 0 aliphatic heterocycles. The van der Waals surface area contributed by atoms with E-state index in [2.05, 4.69) is 24.3 Å². The van der Waals surface area contributed by atoms with Gasteiger partial charge in [-0.15, -0.1) is 0 Å². The smallest absolute Gasteiger partial charge is 0.124 e. The molecule has 0 heterocycles. The Balaban J connectivity index is 2.36. The predicted molar refractivity (Wildman–Crippen MR) is 72.9 cm³/mol. The molecule has 1 aromatic carbocycles. The Bertz CT molecular complexity index is 342. The molecular formula is C13H21ClN2O. The molecule has 0 radical (unpaired) electrons. The zero-order valence-electron chi connectivity index (χ0n) is 10.8. The topological polar surface area (TPSA) is 24.5 Å². The minimum Gasteiger partial charge on any atom is -0.496 e. The van der Waals surface area contributed by atoms with Gasteiger partial charge in [0.1, 0.15) is 5.75 Å². The summed E-state index contributed by atoms with van der Waals surface area (Å²) < 4.78 is 5.29. The molecule has 0 aliphatic rings. The number of rotatable bonds is 7. The van der Waals surface area contributed by atoms with Gasteiger partial charge in [-0.05, 0) is 45.7 Å². The average molecular weight is 257 g/mol.